The van der Waals surface area contributed by atoms with Crippen molar-refractivity contribution in [3.8, 4) is 0 Å². The summed E-state index contributed by atoms with van der Waals surface area (Å²) in [7, 11) is 0. The summed E-state index contributed by atoms with van der Waals surface area (Å²) in [5.41, 5.74) is 0. The van der Waals surface area contributed by atoms with Crippen LogP contribution in [0.5, 0.6) is 0 Å². The molecule has 2 rings (SSSR count). The van der Waals surface area contributed by atoms with E-state index in [1.54, 1.807) is 0 Å². The van der Waals surface area contributed by atoms with Gasteiger partial charge in [-0.05, 0) is 12.8 Å². The Morgan fingerprint density at radius 1 is 1.38 bits per heavy atom. The van der Waals surface area contributed by atoms with Gasteiger partial charge in [0.1, 0.15) is 23.3 Å². The lowest BCUT2D eigenvalue weighted by molar-refractivity contribution is -0.115. The number of nitrogens with zero attached hydrogens (tertiary/aromatic N) is 2. The second-order valence-electron chi connectivity index (χ2n) is 3.68. The quantitative estimate of drug-likeness (QED) is 0.840. The second kappa shape index (κ2) is 4.08. The molecule has 0 saturated heterocycles. The van der Waals surface area contributed by atoms with Crippen LogP contribution in [0.3, 0.4) is 0 Å². The average Bonchev–Trinajstić information content (AvgIpc) is 2.95. The van der Waals surface area contributed by atoms with E-state index in [0.29, 0.717) is 5.82 Å². The first-order chi connectivity index (χ1) is 7.44. The van der Waals surface area contributed by atoms with E-state index in [1.165, 1.54) is 6.07 Å². The van der Waals surface area contributed by atoms with Crippen molar-refractivity contribution in [3.63, 3.8) is 0 Å². The van der Waals surface area contributed by atoms with Gasteiger partial charge in [0.25, 0.3) is 0 Å². The molecule has 0 bridgehead atoms. The van der Waals surface area contributed by atoms with Gasteiger partial charge in [-0.15, -0.1) is 0 Å². The Labute approximate surface area is 95.0 Å². The van der Waals surface area contributed by atoms with Gasteiger partial charge in [0.15, 0.2) is 0 Å². The van der Waals surface area contributed by atoms with E-state index in [9.17, 15) is 13.2 Å². The Bertz CT molecular complexity index is 390. The fraction of sp³-hybridized carbons (Fsp3) is 0.556. The van der Waals surface area contributed by atoms with Gasteiger partial charge in [-0.3, -0.25) is 0 Å². The number of aromatic nitrogens is 2. The molecule has 0 amide bonds. The molecule has 1 aromatic rings. The fourth-order valence-electron chi connectivity index (χ4n) is 1.24. The lowest BCUT2D eigenvalue weighted by atomic mass is 10.4. The van der Waals surface area contributed by atoms with Crippen LogP contribution in [-0.2, 0) is 0 Å². The molecule has 0 aromatic carbocycles. The van der Waals surface area contributed by atoms with Gasteiger partial charge < -0.3 is 5.32 Å². The third-order valence-corrected chi connectivity index (χ3v) is 2.32. The number of rotatable bonds is 3. The van der Waals surface area contributed by atoms with Gasteiger partial charge >= 0.3 is 6.18 Å². The van der Waals surface area contributed by atoms with Crippen LogP contribution >= 0.6 is 11.6 Å². The molecule has 7 heteroatoms. The maximum Gasteiger partial charge on any atom is 0.405 e. The van der Waals surface area contributed by atoms with E-state index in [4.69, 9.17) is 11.6 Å². The highest BCUT2D eigenvalue weighted by Crippen LogP contribution is 2.38. The van der Waals surface area contributed by atoms with Crippen molar-refractivity contribution in [2.24, 2.45) is 0 Å². The van der Waals surface area contributed by atoms with Gasteiger partial charge in [0, 0.05) is 12.0 Å². The van der Waals surface area contributed by atoms with E-state index < -0.39 is 12.7 Å². The zero-order valence-corrected chi connectivity index (χ0v) is 8.94. The van der Waals surface area contributed by atoms with E-state index >= 15 is 0 Å². The molecular formula is C9H9ClF3N3. The Morgan fingerprint density at radius 3 is 2.62 bits per heavy atom. The first kappa shape index (κ1) is 11.4. The second-order valence-corrected chi connectivity index (χ2v) is 4.06. The minimum Gasteiger partial charge on any atom is -0.361 e. The third kappa shape index (κ3) is 3.23. The Morgan fingerprint density at radius 2 is 2.06 bits per heavy atom. The van der Waals surface area contributed by atoms with E-state index in [-0.39, 0.29) is 16.9 Å². The summed E-state index contributed by atoms with van der Waals surface area (Å²) >= 11 is 5.70. The molecule has 1 heterocycles. The molecule has 88 valence electrons. The maximum atomic E-state index is 12.0. The summed E-state index contributed by atoms with van der Waals surface area (Å²) in [5, 5.41) is 2.36. The van der Waals surface area contributed by atoms with Gasteiger partial charge in [-0.1, -0.05) is 11.6 Å². The molecule has 0 unspecified atom stereocenters. The smallest absolute Gasteiger partial charge is 0.361 e. The lowest BCUT2D eigenvalue weighted by Gasteiger charge is -2.09. The number of nitrogens with one attached hydrogen (secondary N) is 1. The van der Waals surface area contributed by atoms with Crippen LogP contribution < -0.4 is 5.32 Å². The SMILES string of the molecule is FC(F)(F)CNc1cc(Cl)nc(C2CC2)n1. The maximum absolute atomic E-state index is 12.0. The number of halogens is 4. The van der Waals surface area contributed by atoms with E-state index in [2.05, 4.69) is 15.3 Å². The summed E-state index contributed by atoms with van der Waals surface area (Å²) in [6.07, 6.45) is -2.32. The summed E-state index contributed by atoms with van der Waals surface area (Å²) < 4.78 is 35.9. The average molecular weight is 252 g/mol. The van der Waals surface area contributed by atoms with Crippen molar-refractivity contribution in [2.45, 2.75) is 24.9 Å². The largest absolute Gasteiger partial charge is 0.405 e. The molecule has 3 nitrogen and oxygen atoms in total. The molecule has 1 saturated carbocycles. The van der Waals surface area contributed by atoms with E-state index in [1.807, 2.05) is 0 Å². The van der Waals surface area contributed by atoms with E-state index in [0.717, 1.165) is 12.8 Å². The van der Waals surface area contributed by atoms with Gasteiger partial charge in [0.05, 0.1) is 0 Å². The summed E-state index contributed by atoms with van der Waals surface area (Å²) in [6, 6.07) is 1.29. The molecule has 1 N–H and O–H groups in total. The van der Waals surface area contributed by atoms with Crippen molar-refractivity contribution >= 4 is 17.4 Å². The number of alkyl halides is 3. The summed E-state index contributed by atoms with van der Waals surface area (Å²) in [5.74, 6) is 0.904. The third-order valence-electron chi connectivity index (χ3n) is 2.12. The topological polar surface area (TPSA) is 37.8 Å². The zero-order chi connectivity index (χ0) is 11.8. The molecule has 0 aliphatic heterocycles. The van der Waals surface area contributed by atoms with Crippen molar-refractivity contribution < 1.29 is 13.2 Å². The summed E-state index contributed by atoms with van der Waals surface area (Å²) in [6.45, 7) is -1.12. The summed E-state index contributed by atoms with van der Waals surface area (Å²) in [4.78, 5) is 7.97. The number of hydrogen-bond donors (Lipinski definition) is 1. The van der Waals surface area contributed by atoms with Crippen LogP contribution in [0.1, 0.15) is 24.6 Å². The predicted octanol–water partition coefficient (Wildman–Crippen LogP) is 2.98. The fourth-order valence-corrected chi connectivity index (χ4v) is 1.43. The van der Waals surface area contributed by atoms with Gasteiger partial charge in [-0.25, -0.2) is 9.97 Å². The first-order valence-electron chi connectivity index (χ1n) is 4.79. The highest BCUT2D eigenvalue weighted by atomic mass is 35.5. The van der Waals surface area contributed by atoms with Crippen molar-refractivity contribution in [2.75, 3.05) is 11.9 Å². The van der Waals surface area contributed by atoms with Crippen molar-refractivity contribution in [1.82, 2.24) is 9.97 Å². The number of anilines is 1. The molecule has 0 radical (unpaired) electrons. The van der Waals surface area contributed by atoms with Gasteiger partial charge in [-0.2, -0.15) is 13.2 Å². The lowest BCUT2D eigenvalue weighted by Crippen LogP contribution is -2.22. The Hall–Kier alpha value is -1.04. The molecule has 0 atom stereocenters. The molecule has 1 aliphatic rings. The predicted molar refractivity (Wildman–Crippen MR) is 53.6 cm³/mol. The van der Waals surface area contributed by atoms with Crippen molar-refractivity contribution in [1.29, 1.82) is 0 Å². The van der Waals surface area contributed by atoms with Crippen LogP contribution in [-0.4, -0.2) is 22.7 Å². The van der Waals surface area contributed by atoms with Crippen LogP contribution in [0.2, 0.25) is 5.15 Å². The zero-order valence-electron chi connectivity index (χ0n) is 8.18. The number of hydrogen-bond acceptors (Lipinski definition) is 3. The Kier molecular flexibility index (Phi) is 2.92. The minimum atomic E-state index is -4.27. The standard InChI is InChI=1S/C9H9ClF3N3/c10-6-3-7(14-4-9(11,12)13)16-8(15-6)5-1-2-5/h3,5H,1-2,4H2,(H,14,15,16). The highest BCUT2D eigenvalue weighted by Gasteiger charge is 2.29. The first-order valence-corrected chi connectivity index (χ1v) is 5.17. The minimum absolute atomic E-state index is 0.124. The van der Waals surface area contributed by atoms with Crippen LogP contribution in [0.4, 0.5) is 19.0 Å². The van der Waals surface area contributed by atoms with Gasteiger partial charge in [0.2, 0.25) is 0 Å². The highest BCUT2D eigenvalue weighted by molar-refractivity contribution is 6.29. The molecule has 1 fully saturated rings. The molecule has 0 spiro atoms. The van der Waals surface area contributed by atoms with Crippen LogP contribution in [0.25, 0.3) is 0 Å². The normalized spacial score (nSPS) is 16.2. The van der Waals surface area contributed by atoms with Crippen LogP contribution in [0.15, 0.2) is 6.07 Å². The van der Waals surface area contributed by atoms with Crippen molar-refractivity contribution in [3.05, 3.63) is 17.0 Å². The monoisotopic (exact) mass is 251 g/mol. The van der Waals surface area contributed by atoms with Crippen LogP contribution in [0, 0.1) is 0 Å². The molecular weight excluding hydrogens is 243 g/mol. The molecule has 16 heavy (non-hydrogen) atoms. The molecule has 1 aromatic heterocycles. The molecule has 1 aliphatic carbocycles. The Balaban J connectivity index is 2.08.